The first kappa shape index (κ1) is 16.8. The summed E-state index contributed by atoms with van der Waals surface area (Å²) in [5.41, 5.74) is 1.17. The maximum absolute atomic E-state index is 13.6. The van der Waals surface area contributed by atoms with E-state index >= 15 is 0 Å². The number of hydrogen-bond acceptors (Lipinski definition) is 4. The number of aromatic nitrogens is 3. The lowest BCUT2D eigenvalue weighted by molar-refractivity contribution is 0.102. The number of rotatable bonds is 4. The van der Waals surface area contributed by atoms with Gasteiger partial charge in [0.1, 0.15) is 11.6 Å². The molecule has 0 spiro atoms. The molecule has 0 bridgehead atoms. The molecule has 128 valence electrons. The van der Waals surface area contributed by atoms with Gasteiger partial charge in [0, 0.05) is 11.4 Å². The van der Waals surface area contributed by atoms with Gasteiger partial charge < -0.3 is 10.6 Å². The summed E-state index contributed by atoms with van der Waals surface area (Å²) in [6, 6.07) is 8.30. The van der Waals surface area contributed by atoms with Crippen LogP contribution in [0.3, 0.4) is 0 Å². The minimum atomic E-state index is -0.593. The lowest BCUT2D eigenvalue weighted by Crippen LogP contribution is -2.14. The smallest absolute Gasteiger partial charge is 0.280 e. The van der Waals surface area contributed by atoms with Gasteiger partial charge in [-0.25, -0.2) is 8.78 Å². The molecule has 6 nitrogen and oxygen atoms in total. The van der Waals surface area contributed by atoms with E-state index in [1.54, 1.807) is 19.1 Å². The van der Waals surface area contributed by atoms with E-state index in [9.17, 15) is 13.6 Å². The summed E-state index contributed by atoms with van der Waals surface area (Å²) in [4.78, 5) is 12.3. The average Bonchev–Trinajstić information content (AvgIpc) is 3.03. The molecule has 0 saturated carbocycles. The van der Waals surface area contributed by atoms with Crippen LogP contribution in [-0.2, 0) is 0 Å². The van der Waals surface area contributed by atoms with Crippen LogP contribution < -0.4 is 10.6 Å². The molecule has 3 rings (SSSR count). The van der Waals surface area contributed by atoms with Gasteiger partial charge in [-0.1, -0.05) is 17.7 Å². The fourth-order valence-electron chi connectivity index (χ4n) is 2.05. The Kier molecular flexibility index (Phi) is 4.62. The monoisotopic (exact) mass is 363 g/mol. The van der Waals surface area contributed by atoms with Crippen LogP contribution in [0.4, 0.5) is 26.0 Å². The van der Waals surface area contributed by atoms with E-state index in [4.69, 9.17) is 11.6 Å². The predicted octanol–water partition coefficient (Wildman–Crippen LogP) is 4.04. The Balaban J connectivity index is 1.79. The topological polar surface area (TPSA) is 82.7 Å². The molecule has 3 N–H and O–H groups in total. The summed E-state index contributed by atoms with van der Waals surface area (Å²) in [6.07, 6.45) is 0. The van der Waals surface area contributed by atoms with Crippen molar-refractivity contribution in [3.05, 3.63) is 64.3 Å². The van der Waals surface area contributed by atoms with Crippen LogP contribution in [0.5, 0.6) is 0 Å². The lowest BCUT2D eigenvalue weighted by Gasteiger charge is -2.07. The largest absolute Gasteiger partial charge is 0.337 e. The van der Waals surface area contributed by atoms with E-state index < -0.39 is 11.7 Å². The Morgan fingerprint density at radius 1 is 1.08 bits per heavy atom. The number of carbonyl (C=O) groups is 1. The van der Waals surface area contributed by atoms with Gasteiger partial charge in [-0.3, -0.25) is 4.79 Å². The molecule has 1 aromatic heterocycles. The number of aromatic amines is 1. The van der Waals surface area contributed by atoms with E-state index in [0.29, 0.717) is 16.9 Å². The summed E-state index contributed by atoms with van der Waals surface area (Å²) in [6.45, 7) is 1.64. The van der Waals surface area contributed by atoms with Gasteiger partial charge in [0.05, 0.1) is 5.02 Å². The molecule has 1 amide bonds. The Hall–Kier alpha value is -3.00. The second-order valence-electron chi connectivity index (χ2n) is 5.19. The zero-order valence-corrected chi connectivity index (χ0v) is 13.7. The lowest BCUT2D eigenvalue weighted by atomic mass is 10.2. The third kappa shape index (κ3) is 3.74. The van der Waals surface area contributed by atoms with Crippen molar-refractivity contribution < 1.29 is 13.6 Å². The van der Waals surface area contributed by atoms with Gasteiger partial charge in [0.15, 0.2) is 11.5 Å². The number of benzene rings is 2. The molecular formula is C16H12ClF2N5O. The summed E-state index contributed by atoms with van der Waals surface area (Å²) in [7, 11) is 0. The normalized spacial score (nSPS) is 10.6. The Morgan fingerprint density at radius 3 is 2.56 bits per heavy atom. The number of hydrogen-bond donors (Lipinski definition) is 3. The van der Waals surface area contributed by atoms with E-state index in [-0.39, 0.29) is 22.4 Å². The van der Waals surface area contributed by atoms with Crippen molar-refractivity contribution >= 4 is 34.7 Å². The van der Waals surface area contributed by atoms with Crippen molar-refractivity contribution in [2.75, 3.05) is 10.6 Å². The number of H-pyrrole nitrogens is 1. The van der Waals surface area contributed by atoms with Crippen molar-refractivity contribution in [2.24, 2.45) is 0 Å². The highest BCUT2D eigenvalue weighted by molar-refractivity contribution is 6.31. The molecular weight excluding hydrogens is 352 g/mol. The van der Waals surface area contributed by atoms with Crippen molar-refractivity contribution in [2.45, 2.75) is 6.92 Å². The molecule has 1 heterocycles. The second-order valence-corrected chi connectivity index (χ2v) is 5.60. The first-order valence-electron chi connectivity index (χ1n) is 7.14. The highest BCUT2D eigenvalue weighted by atomic mass is 35.5. The molecule has 0 saturated heterocycles. The fourth-order valence-corrected chi connectivity index (χ4v) is 2.23. The third-order valence-corrected chi connectivity index (χ3v) is 3.66. The van der Waals surface area contributed by atoms with Crippen LogP contribution in [-0.4, -0.2) is 21.3 Å². The molecule has 0 unspecified atom stereocenters. The van der Waals surface area contributed by atoms with Crippen LogP contribution >= 0.6 is 11.6 Å². The Morgan fingerprint density at radius 2 is 1.84 bits per heavy atom. The highest BCUT2D eigenvalue weighted by Crippen LogP contribution is 2.22. The maximum atomic E-state index is 13.6. The van der Waals surface area contributed by atoms with Crippen molar-refractivity contribution in [1.82, 2.24) is 15.4 Å². The summed E-state index contributed by atoms with van der Waals surface area (Å²) < 4.78 is 26.8. The van der Waals surface area contributed by atoms with Gasteiger partial charge in [-0.2, -0.15) is 5.21 Å². The predicted molar refractivity (Wildman–Crippen MR) is 90.2 cm³/mol. The van der Waals surface area contributed by atoms with E-state index in [1.165, 1.54) is 18.2 Å². The maximum Gasteiger partial charge on any atom is 0.280 e. The zero-order chi connectivity index (χ0) is 18.0. The minimum Gasteiger partial charge on any atom is -0.337 e. The zero-order valence-electron chi connectivity index (χ0n) is 12.9. The van der Waals surface area contributed by atoms with Crippen LogP contribution in [0.2, 0.25) is 5.02 Å². The van der Waals surface area contributed by atoms with Crippen LogP contribution in [0.15, 0.2) is 36.4 Å². The molecule has 0 radical (unpaired) electrons. The Labute approximate surface area is 146 Å². The van der Waals surface area contributed by atoms with Crippen molar-refractivity contribution in [1.29, 1.82) is 0 Å². The molecule has 3 aromatic rings. The molecule has 25 heavy (non-hydrogen) atoms. The number of nitrogens with one attached hydrogen (secondary N) is 3. The molecule has 9 heteroatoms. The third-order valence-electron chi connectivity index (χ3n) is 3.38. The molecule has 2 aromatic carbocycles. The number of anilines is 3. The van der Waals surface area contributed by atoms with Gasteiger partial charge in [0.2, 0.25) is 0 Å². The molecule has 0 aliphatic carbocycles. The first-order chi connectivity index (χ1) is 11.9. The van der Waals surface area contributed by atoms with Gasteiger partial charge >= 0.3 is 0 Å². The van der Waals surface area contributed by atoms with Crippen LogP contribution in [0.1, 0.15) is 16.1 Å². The number of carbonyl (C=O) groups excluding carboxylic acids is 1. The van der Waals surface area contributed by atoms with Crippen LogP contribution in [0.25, 0.3) is 0 Å². The molecule has 0 atom stereocenters. The first-order valence-corrected chi connectivity index (χ1v) is 7.52. The average molecular weight is 364 g/mol. The number of aryl methyl sites for hydroxylation is 1. The van der Waals surface area contributed by atoms with E-state index in [2.05, 4.69) is 26.0 Å². The number of amides is 1. The number of halogens is 3. The number of nitrogens with zero attached hydrogens (tertiary/aromatic N) is 2. The summed E-state index contributed by atoms with van der Waals surface area (Å²) >= 11 is 5.68. The second kappa shape index (κ2) is 6.86. The van der Waals surface area contributed by atoms with Gasteiger partial charge in [0.25, 0.3) is 5.91 Å². The summed E-state index contributed by atoms with van der Waals surface area (Å²) in [5, 5.41) is 15.2. The Bertz CT molecular complexity index is 944. The highest BCUT2D eigenvalue weighted by Gasteiger charge is 2.17. The fraction of sp³-hybridized carbons (Fsp3) is 0.0625. The summed E-state index contributed by atoms with van der Waals surface area (Å²) in [5.74, 6) is -1.45. The van der Waals surface area contributed by atoms with E-state index in [1.807, 2.05) is 0 Å². The van der Waals surface area contributed by atoms with Gasteiger partial charge in [-0.15, -0.1) is 10.2 Å². The molecule has 0 aliphatic rings. The molecule has 0 aliphatic heterocycles. The van der Waals surface area contributed by atoms with Crippen molar-refractivity contribution in [3.8, 4) is 0 Å². The van der Waals surface area contributed by atoms with E-state index in [0.717, 1.165) is 6.07 Å². The SMILES string of the molecule is Cc1ccc(Nc2n[nH]nc2C(=O)Nc2ccc(F)c(Cl)c2)cc1F. The van der Waals surface area contributed by atoms with Crippen LogP contribution in [0, 0.1) is 18.6 Å². The standard InChI is InChI=1S/C16H12ClF2N5O/c1-8-2-3-10(7-13(8)19)20-15-14(22-24-23-15)16(25)21-9-4-5-12(18)11(17)6-9/h2-7H,1H3,(H,21,25)(H2,20,22,23,24). The molecule has 0 fully saturated rings. The van der Waals surface area contributed by atoms with Gasteiger partial charge in [-0.05, 0) is 42.8 Å². The van der Waals surface area contributed by atoms with Crippen molar-refractivity contribution in [3.63, 3.8) is 0 Å². The quantitative estimate of drug-likeness (QED) is 0.653. The minimum absolute atomic E-state index is 0.0403.